The van der Waals surface area contributed by atoms with Crippen molar-refractivity contribution in [1.29, 1.82) is 0 Å². The molecule has 9 heteroatoms. The van der Waals surface area contributed by atoms with E-state index in [9.17, 15) is 13.2 Å². The zero-order chi connectivity index (χ0) is 18.6. The Hall–Kier alpha value is -2.26. The van der Waals surface area contributed by atoms with Gasteiger partial charge in [-0.2, -0.15) is 0 Å². The molecule has 0 radical (unpaired) electrons. The van der Waals surface area contributed by atoms with Crippen molar-refractivity contribution in [3.8, 4) is 11.5 Å². The summed E-state index contributed by atoms with van der Waals surface area (Å²) in [6.45, 7) is -0.710. The van der Waals surface area contributed by atoms with E-state index < -0.39 is 22.5 Å². The van der Waals surface area contributed by atoms with Crippen LogP contribution in [0.25, 0.3) is 0 Å². The topological polar surface area (TPSA) is 93.1 Å². The van der Waals surface area contributed by atoms with E-state index in [1.54, 1.807) is 12.1 Å². The lowest BCUT2D eigenvalue weighted by Gasteiger charge is -2.23. The van der Waals surface area contributed by atoms with Gasteiger partial charge in [0.2, 0.25) is 0 Å². The van der Waals surface area contributed by atoms with Crippen molar-refractivity contribution in [2.24, 2.45) is 0 Å². The van der Waals surface area contributed by atoms with Gasteiger partial charge in [0.05, 0.1) is 24.8 Å². The van der Waals surface area contributed by atoms with E-state index in [-0.39, 0.29) is 16.3 Å². The lowest BCUT2D eigenvalue weighted by atomic mass is 10.3. The van der Waals surface area contributed by atoms with Crippen LogP contribution in [0.5, 0.6) is 11.5 Å². The molecule has 2 aromatic rings. The molecule has 0 aliphatic carbocycles. The Bertz CT molecular complexity index is 867. The van der Waals surface area contributed by atoms with Gasteiger partial charge in [-0.05, 0) is 36.4 Å². The fraction of sp³-hybridized carbons (Fsp3) is 0.188. The van der Waals surface area contributed by atoms with Crippen LogP contribution in [-0.2, 0) is 14.8 Å². The highest BCUT2D eigenvalue weighted by Crippen LogP contribution is 2.32. The summed E-state index contributed by atoms with van der Waals surface area (Å²) in [7, 11) is -1.30. The zero-order valence-electron chi connectivity index (χ0n) is 13.5. The van der Waals surface area contributed by atoms with Gasteiger partial charge in [0.15, 0.2) is 11.5 Å². The molecule has 0 bridgehead atoms. The maximum absolute atomic E-state index is 13.0. The first-order valence-electron chi connectivity index (χ1n) is 7.01. The molecule has 0 aliphatic rings. The summed E-state index contributed by atoms with van der Waals surface area (Å²) in [5.41, 5.74) is 0.236. The number of halogens is 1. The van der Waals surface area contributed by atoms with E-state index >= 15 is 0 Å². The minimum absolute atomic E-state index is 0.102. The van der Waals surface area contributed by atoms with Crippen LogP contribution in [0.4, 0.5) is 5.69 Å². The summed E-state index contributed by atoms with van der Waals surface area (Å²) in [4.78, 5) is 11.1. The van der Waals surface area contributed by atoms with Gasteiger partial charge >= 0.3 is 5.97 Å². The average Bonchev–Trinajstić information content (AvgIpc) is 2.59. The number of nitrogens with zero attached hydrogens (tertiary/aromatic N) is 1. The third-order valence-corrected chi connectivity index (χ3v) is 5.63. The predicted molar refractivity (Wildman–Crippen MR) is 95.9 cm³/mol. The number of benzene rings is 2. The molecule has 25 heavy (non-hydrogen) atoms. The Balaban J connectivity index is 2.55. The van der Waals surface area contributed by atoms with Crippen molar-refractivity contribution in [2.45, 2.75) is 4.90 Å². The summed E-state index contributed by atoms with van der Waals surface area (Å²) in [6.07, 6.45) is 0. The van der Waals surface area contributed by atoms with E-state index in [0.717, 1.165) is 8.78 Å². The number of ether oxygens (including phenoxy) is 2. The molecule has 0 saturated carbocycles. The van der Waals surface area contributed by atoms with Crippen molar-refractivity contribution in [3.63, 3.8) is 0 Å². The second kappa shape index (κ2) is 7.75. The molecule has 0 amide bonds. The number of carbonyl (C=O) groups is 1. The van der Waals surface area contributed by atoms with E-state index in [0.29, 0.717) is 5.75 Å². The summed E-state index contributed by atoms with van der Waals surface area (Å²) in [6, 6.07) is 10.4. The standard InChI is InChI=1S/C16H16BrNO6S/c1-23-14-8-7-13(9-15(14)24-2)25(21,22)18(10-16(19)20)12-5-3-11(17)4-6-12/h3-9H,10H2,1-2H3,(H,19,20). The van der Waals surface area contributed by atoms with Crippen molar-refractivity contribution >= 4 is 37.6 Å². The lowest BCUT2D eigenvalue weighted by molar-refractivity contribution is -0.135. The van der Waals surface area contributed by atoms with Gasteiger partial charge < -0.3 is 14.6 Å². The van der Waals surface area contributed by atoms with Gasteiger partial charge in [-0.1, -0.05) is 15.9 Å². The number of rotatable bonds is 7. The second-order valence-corrected chi connectivity index (χ2v) is 7.68. The molecule has 2 rings (SSSR count). The molecular weight excluding hydrogens is 414 g/mol. The van der Waals surface area contributed by atoms with Crippen LogP contribution in [0, 0.1) is 0 Å². The fourth-order valence-electron chi connectivity index (χ4n) is 2.15. The SMILES string of the molecule is COc1ccc(S(=O)(=O)N(CC(=O)O)c2ccc(Br)cc2)cc1OC. The first-order valence-corrected chi connectivity index (χ1v) is 9.25. The number of sulfonamides is 1. The number of aliphatic carboxylic acids is 1. The maximum Gasteiger partial charge on any atom is 0.324 e. The monoisotopic (exact) mass is 429 g/mol. The van der Waals surface area contributed by atoms with Gasteiger partial charge in [-0.15, -0.1) is 0 Å². The third-order valence-electron chi connectivity index (χ3n) is 3.34. The van der Waals surface area contributed by atoms with Crippen LogP contribution in [0.2, 0.25) is 0 Å². The highest BCUT2D eigenvalue weighted by Gasteiger charge is 2.28. The Morgan fingerprint density at radius 3 is 2.20 bits per heavy atom. The van der Waals surface area contributed by atoms with E-state index in [1.807, 2.05) is 0 Å². The Morgan fingerprint density at radius 2 is 1.68 bits per heavy atom. The van der Waals surface area contributed by atoms with Crippen LogP contribution in [-0.4, -0.2) is 40.3 Å². The smallest absolute Gasteiger partial charge is 0.324 e. The maximum atomic E-state index is 13.0. The summed E-state index contributed by atoms with van der Waals surface area (Å²) in [5, 5.41) is 9.13. The highest BCUT2D eigenvalue weighted by atomic mass is 79.9. The molecule has 134 valence electrons. The van der Waals surface area contributed by atoms with Gasteiger partial charge in [0.25, 0.3) is 10.0 Å². The molecular formula is C16H16BrNO6S. The average molecular weight is 430 g/mol. The van der Waals surface area contributed by atoms with E-state index in [1.165, 1.54) is 44.6 Å². The molecule has 0 aromatic heterocycles. The van der Waals surface area contributed by atoms with E-state index in [2.05, 4.69) is 15.9 Å². The van der Waals surface area contributed by atoms with Gasteiger partial charge in [-0.3, -0.25) is 9.10 Å². The fourth-order valence-corrected chi connectivity index (χ4v) is 3.84. The minimum atomic E-state index is -4.12. The molecule has 0 spiro atoms. The molecule has 0 heterocycles. The molecule has 2 aromatic carbocycles. The molecule has 0 fully saturated rings. The largest absolute Gasteiger partial charge is 0.493 e. The van der Waals surface area contributed by atoms with Gasteiger partial charge in [-0.25, -0.2) is 8.42 Å². The zero-order valence-corrected chi connectivity index (χ0v) is 15.9. The Labute approximate surface area is 154 Å². The molecule has 0 unspecified atom stereocenters. The number of carboxylic acids is 1. The number of anilines is 1. The molecule has 7 nitrogen and oxygen atoms in total. The second-order valence-electron chi connectivity index (χ2n) is 4.90. The molecule has 1 N–H and O–H groups in total. The first-order chi connectivity index (χ1) is 11.8. The van der Waals surface area contributed by atoms with Crippen LogP contribution < -0.4 is 13.8 Å². The van der Waals surface area contributed by atoms with Crippen molar-refractivity contribution in [1.82, 2.24) is 0 Å². The minimum Gasteiger partial charge on any atom is -0.493 e. The van der Waals surface area contributed by atoms with Crippen molar-refractivity contribution in [2.75, 3.05) is 25.1 Å². The summed E-state index contributed by atoms with van der Waals surface area (Å²) >= 11 is 3.26. The predicted octanol–water partition coefficient (Wildman–Crippen LogP) is 2.75. The first kappa shape index (κ1) is 19.1. The number of hydrogen-bond donors (Lipinski definition) is 1. The molecule has 0 aliphatic heterocycles. The van der Waals surface area contributed by atoms with Gasteiger partial charge in [0.1, 0.15) is 6.54 Å². The number of hydrogen-bond acceptors (Lipinski definition) is 5. The third kappa shape index (κ3) is 4.23. The van der Waals surface area contributed by atoms with Gasteiger partial charge in [0, 0.05) is 10.5 Å². The number of methoxy groups -OCH3 is 2. The quantitative estimate of drug-likeness (QED) is 0.726. The summed E-state index contributed by atoms with van der Waals surface area (Å²) in [5.74, 6) is -0.670. The van der Waals surface area contributed by atoms with Crippen LogP contribution >= 0.6 is 15.9 Å². The van der Waals surface area contributed by atoms with E-state index in [4.69, 9.17) is 14.6 Å². The Kier molecular flexibility index (Phi) is 5.91. The van der Waals surface area contributed by atoms with Crippen molar-refractivity contribution < 1.29 is 27.8 Å². The lowest BCUT2D eigenvalue weighted by Crippen LogP contribution is -2.35. The molecule has 0 atom stereocenters. The summed E-state index contributed by atoms with van der Waals surface area (Å²) < 4.78 is 37.7. The van der Waals surface area contributed by atoms with Crippen LogP contribution in [0.1, 0.15) is 0 Å². The molecule has 0 saturated heterocycles. The highest BCUT2D eigenvalue weighted by molar-refractivity contribution is 9.10. The van der Waals surface area contributed by atoms with Crippen LogP contribution in [0.3, 0.4) is 0 Å². The number of carboxylic acid groups (broad SMARTS) is 1. The normalized spacial score (nSPS) is 11.0. The van der Waals surface area contributed by atoms with Crippen LogP contribution in [0.15, 0.2) is 51.8 Å². The van der Waals surface area contributed by atoms with Crippen molar-refractivity contribution in [3.05, 3.63) is 46.9 Å². The Morgan fingerprint density at radius 1 is 1.08 bits per heavy atom.